The SMILES string of the molecule is Cc1ccc(/C=N\OC(=O)c2ccccc2)o1. The minimum atomic E-state index is -0.495. The number of carbonyl (C=O) groups excluding carboxylic acids is 1. The zero-order valence-electron chi connectivity index (χ0n) is 9.29. The molecule has 0 aliphatic heterocycles. The Kier molecular flexibility index (Phi) is 3.35. The third-order valence-corrected chi connectivity index (χ3v) is 2.09. The first-order valence-electron chi connectivity index (χ1n) is 5.12. The molecule has 0 fully saturated rings. The lowest BCUT2D eigenvalue weighted by molar-refractivity contribution is 0.0519. The van der Waals surface area contributed by atoms with Gasteiger partial charge in [0.2, 0.25) is 0 Å². The van der Waals surface area contributed by atoms with Gasteiger partial charge in [0, 0.05) is 0 Å². The molecule has 0 atom stereocenters. The van der Waals surface area contributed by atoms with Crippen molar-refractivity contribution in [2.75, 3.05) is 0 Å². The van der Waals surface area contributed by atoms with Crippen molar-refractivity contribution in [3.63, 3.8) is 0 Å². The van der Waals surface area contributed by atoms with Crippen molar-refractivity contribution in [2.24, 2.45) is 5.16 Å². The highest BCUT2D eigenvalue weighted by Gasteiger charge is 2.04. The molecule has 1 aromatic heterocycles. The van der Waals surface area contributed by atoms with E-state index in [-0.39, 0.29) is 0 Å². The van der Waals surface area contributed by atoms with Gasteiger partial charge in [-0.05, 0) is 31.2 Å². The van der Waals surface area contributed by atoms with E-state index in [9.17, 15) is 4.79 Å². The number of aryl methyl sites for hydroxylation is 1. The van der Waals surface area contributed by atoms with Crippen LogP contribution < -0.4 is 0 Å². The number of hydrogen-bond donors (Lipinski definition) is 0. The van der Waals surface area contributed by atoms with Crippen LogP contribution in [0.25, 0.3) is 0 Å². The van der Waals surface area contributed by atoms with E-state index < -0.39 is 5.97 Å². The molecule has 0 unspecified atom stereocenters. The predicted octanol–water partition coefficient (Wildman–Crippen LogP) is 2.78. The molecule has 0 spiro atoms. The van der Waals surface area contributed by atoms with Crippen molar-refractivity contribution >= 4 is 12.2 Å². The predicted molar refractivity (Wildman–Crippen MR) is 62.9 cm³/mol. The summed E-state index contributed by atoms with van der Waals surface area (Å²) < 4.78 is 5.23. The lowest BCUT2D eigenvalue weighted by atomic mass is 10.2. The highest BCUT2D eigenvalue weighted by atomic mass is 16.7. The summed E-state index contributed by atoms with van der Waals surface area (Å²) in [5.74, 6) is 0.828. The zero-order valence-corrected chi connectivity index (χ0v) is 9.29. The van der Waals surface area contributed by atoms with Gasteiger partial charge in [-0.2, -0.15) is 0 Å². The Morgan fingerprint density at radius 1 is 1.24 bits per heavy atom. The normalized spacial score (nSPS) is 10.6. The van der Waals surface area contributed by atoms with Gasteiger partial charge in [-0.3, -0.25) is 0 Å². The number of furan rings is 1. The van der Waals surface area contributed by atoms with Gasteiger partial charge in [0.05, 0.1) is 5.56 Å². The number of hydrogen-bond acceptors (Lipinski definition) is 4. The van der Waals surface area contributed by atoms with Crippen LogP contribution in [0, 0.1) is 6.92 Å². The Labute approximate surface area is 98.5 Å². The lowest BCUT2D eigenvalue weighted by Crippen LogP contribution is -2.00. The Bertz CT molecular complexity index is 529. The van der Waals surface area contributed by atoms with Gasteiger partial charge >= 0.3 is 5.97 Å². The molecule has 2 aromatic rings. The van der Waals surface area contributed by atoms with Gasteiger partial charge in [0.25, 0.3) is 0 Å². The Hall–Kier alpha value is -2.36. The average molecular weight is 229 g/mol. The van der Waals surface area contributed by atoms with Crippen molar-refractivity contribution in [3.8, 4) is 0 Å². The fourth-order valence-corrected chi connectivity index (χ4v) is 1.28. The van der Waals surface area contributed by atoms with E-state index in [1.165, 1.54) is 6.21 Å². The maximum Gasteiger partial charge on any atom is 0.365 e. The second-order valence-electron chi connectivity index (χ2n) is 3.43. The van der Waals surface area contributed by atoms with Crippen LogP contribution in [0.3, 0.4) is 0 Å². The van der Waals surface area contributed by atoms with E-state index in [4.69, 9.17) is 9.25 Å². The number of carbonyl (C=O) groups is 1. The molecule has 2 rings (SSSR count). The standard InChI is InChI=1S/C13H11NO3/c1-10-7-8-12(16-10)9-14-17-13(15)11-5-3-2-4-6-11/h2-9H,1H3/b14-9-. The highest BCUT2D eigenvalue weighted by Crippen LogP contribution is 2.04. The average Bonchev–Trinajstić information content (AvgIpc) is 2.76. The topological polar surface area (TPSA) is 51.8 Å². The van der Waals surface area contributed by atoms with Crippen molar-refractivity contribution in [2.45, 2.75) is 6.92 Å². The molecular formula is C13H11NO3. The molecule has 4 heteroatoms. The third-order valence-electron chi connectivity index (χ3n) is 2.09. The summed E-state index contributed by atoms with van der Waals surface area (Å²) in [6, 6.07) is 12.2. The van der Waals surface area contributed by atoms with Crippen LogP contribution in [0.5, 0.6) is 0 Å². The third kappa shape index (κ3) is 3.04. The van der Waals surface area contributed by atoms with Crippen LogP contribution in [0.2, 0.25) is 0 Å². The first-order chi connectivity index (χ1) is 8.25. The van der Waals surface area contributed by atoms with E-state index in [1.54, 1.807) is 36.4 Å². The smallest absolute Gasteiger partial charge is 0.365 e. The molecule has 0 aliphatic rings. The summed E-state index contributed by atoms with van der Waals surface area (Å²) in [6.07, 6.45) is 1.36. The first kappa shape index (κ1) is 11.1. The van der Waals surface area contributed by atoms with E-state index in [0.717, 1.165) is 5.76 Å². The van der Waals surface area contributed by atoms with E-state index in [2.05, 4.69) is 5.16 Å². The van der Waals surface area contributed by atoms with Crippen molar-refractivity contribution < 1.29 is 14.0 Å². The van der Waals surface area contributed by atoms with Gasteiger partial charge in [0.1, 0.15) is 17.7 Å². The van der Waals surface area contributed by atoms with Gasteiger partial charge < -0.3 is 9.25 Å². The van der Waals surface area contributed by atoms with Crippen molar-refractivity contribution in [1.82, 2.24) is 0 Å². The second kappa shape index (κ2) is 5.12. The first-order valence-corrected chi connectivity index (χ1v) is 5.12. The van der Waals surface area contributed by atoms with Crippen LogP contribution in [0.4, 0.5) is 0 Å². The second-order valence-corrected chi connectivity index (χ2v) is 3.43. The fraction of sp³-hybridized carbons (Fsp3) is 0.0769. The molecule has 17 heavy (non-hydrogen) atoms. The summed E-state index contributed by atoms with van der Waals surface area (Å²) >= 11 is 0. The molecule has 86 valence electrons. The van der Waals surface area contributed by atoms with Crippen LogP contribution in [0.1, 0.15) is 21.9 Å². The quantitative estimate of drug-likeness (QED) is 0.462. The lowest BCUT2D eigenvalue weighted by Gasteiger charge is -1.95. The Morgan fingerprint density at radius 2 is 2.00 bits per heavy atom. The molecule has 0 N–H and O–H groups in total. The maximum atomic E-state index is 11.5. The highest BCUT2D eigenvalue weighted by molar-refractivity contribution is 5.89. The van der Waals surface area contributed by atoms with Crippen LogP contribution in [-0.2, 0) is 4.84 Å². The van der Waals surface area contributed by atoms with Crippen LogP contribution in [0.15, 0.2) is 52.0 Å². The van der Waals surface area contributed by atoms with Crippen molar-refractivity contribution in [1.29, 1.82) is 0 Å². The monoisotopic (exact) mass is 229 g/mol. The molecule has 4 nitrogen and oxygen atoms in total. The van der Waals surface area contributed by atoms with E-state index in [0.29, 0.717) is 11.3 Å². The molecule has 1 heterocycles. The molecule has 0 saturated heterocycles. The summed E-state index contributed by atoms with van der Waals surface area (Å²) in [7, 11) is 0. The molecule has 0 radical (unpaired) electrons. The summed E-state index contributed by atoms with van der Waals surface area (Å²) in [5, 5.41) is 3.56. The molecule has 0 saturated carbocycles. The maximum absolute atomic E-state index is 11.5. The summed E-state index contributed by atoms with van der Waals surface area (Å²) in [6.45, 7) is 1.83. The fourth-order valence-electron chi connectivity index (χ4n) is 1.28. The number of oxime groups is 1. The van der Waals surface area contributed by atoms with E-state index in [1.807, 2.05) is 13.0 Å². The van der Waals surface area contributed by atoms with Crippen molar-refractivity contribution in [3.05, 3.63) is 59.5 Å². The van der Waals surface area contributed by atoms with Gasteiger partial charge in [-0.15, -0.1) is 0 Å². The Morgan fingerprint density at radius 3 is 2.65 bits per heavy atom. The molecule has 0 amide bonds. The van der Waals surface area contributed by atoms with Crippen LogP contribution in [-0.4, -0.2) is 12.2 Å². The minimum Gasteiger partial charge on any atom is -0.460 e. The number of nitrogens with zero attached hydrogens (tertiary/aromatic N) is 1. The molecule has 0 bridgehead atoms. The summed E-state index contributed by atoms with van der Waals surface area (Å²) in [5.41, 5.74) is 0.459. The van der Waals surface area contributed by atoms with Gasteiger partial charge in [-0.25, -0.2) is 4.79 Å². The largest absolute Gasteiger partial charge is 0.460 e. The Balaban J connectivity index is 1.95. The molecule has 1 aromatic carbocycles. The van der Waals surface area contributed by atoms with Gasteiger partial charge in [-0.1, -0.05) is 23.4 Å². The minimum absolute atomic E-state index is 0.459. The van der Waals surface area contributed by atoms with Crippen LogP contribution >= 0.6 is 0 Å². The number of benzene rings is 1. The molecule has 0 aliphatic carbocycles. The molecular weight excluding hydrogens is 218 g/mol. The zero-order chi connectivity index (χ0) is 12.1. The number of rotatable bonds is 3. The van der Waals surface area contributed by atoms with E-state index >= 15 is 0 Å². The summed E-state index contributed by atoms with van der Waals surface area (Å²) in [4.78, 5) is 16.2. The van der Waals surface area contributed by atoms with Gasteiger partial charge in [0.15, 0.2) is 0 Å².